The fraction of sp³-hybridized carbons (Fsp3) is 0.727. The Morgan fingerprint density at radius 2 is 2.13 bits per heavy atom. The van der Waals surface area contributed by atoms with E-state index in [1.807, 2.05) is 13.8 Å². The molecule has 1 heterocycles. The van der Waals surface area contributed by atoms with Crippen molar-refractivity contribution in [1.82, 2.24) is 0 Å². The number of rotatable bonds is 2. The van der Waals surface area contributed by atoms with E-state index in [4.69, 9.17) is 4.74 Å². The first kappa shape index (κ1) is 10.3. The van der Waals surface area contributed by atoms with E-state index in [0.29, 0.717) is 18.6 Å². The molecule has 0 aromatic carbocycles. The second-order valence-corrected chi connectivity index (χ2v) is 4.51. The fourth-order valence-electron chi connectivity index (χ4n) is 2.06. The van der Waals surface area contributed by atoms with Gasteiger partial charge in [0.2, 0.25) is 0 Å². The van der Waals surface area contributed by atoms with Crippen molar-refractivity contribution >= 4 is 17.5 Å². The molecule has 2 atom stereocenters. The van der Waals surface area contributed by atoms with Gasteiger partial charge in [-0.1, -0.05) is 13.8 Å². The van der Waals surface area contributed by atoms with Crippen LogP contribution in [0.5, 0.6) is 0 Å². The zero-order valence-electron chi connectivity index (χ0n) is 9.03. The first-order valence-electron chi connectivity index (χ1n) is 5.38. The van der Waals surface area contributed by atoms with Crippen LogP contribution in [0.15, 0.2) is 4.99 Å². The molecular weight excluding hydrogens is 194 g/mol. The van der Waals surface area contributed by atoms with Gasteiger partial charge in [0, 0.05) is 24.7 Å². The van der Waals surface area contributed by atoms with E-state index >= 15 is 0 Å². The molecular formula is C11H15NO3. The number of Topliss-reactive ketones (excluding diaryl/α,β-unsaturated/α-hetero) is 1. The number of hydrogen-bond acceptors (Lipinski definition) is 4. The van der Waals surface area contributed by atoms with Crippen LogP contribution in [0.3, 0.4) is 0 Å². The summed E-state index contributed by atoms with van der Waals surface area (Å²) in [5.74, 6) is 0.149. The van der Waals surface area contributed by atoms with Crippen LogP contribution in [-0.2, 0) is 14.3 Å². The second-order valence-electron chi connectivity index (χ2n) is 4.51. The normalized spacial score (nSPS) is 31.0. The van der Waals surface area contributed by atoms with Gasteiger partial charge in [-0.3, -0.25) is 4.79 Å². The van der Waals surface area contributed by atoms with Crippen LogP contribution < -0.4 is 0 Å². The summed E-state index contributed by atoms with van der Waals surface area (Å²) < 4.78 is 5.17. The van der Waals surface area contributed by atoms with E-state index in [2.05, 4.69) is 4.99 Å². The third-order valence-electron chi connectivity index (χ3n) is 2.94. The number of hydrogen-bond donors (Lipinski definition) is 0. The van der Waals surface area contributed by atoms with Crippen LogP contribution in [0.1, 0.15) is 33.1 Å². The smallest absolute Gasteiger partial charge is 0.354 e. The van der Waals surface area contributed by atoms with Crippen molar-refractivity contribution in [3.8, 4) is 0 Å². The summed E-state index contributed by atoms with van der Waals surface area (Å²) in [6, 6.07) is 0. The average molecular weight is 209 g/mol. The Kier molecular flexibility index (Phi) is 2.59. The molecule has 4 nitrogen and oxygen atoms in total. The third kappa shape index (κ3) is 1.94. The van der Waals surface area contributed by atoms with Gasteiger partial charge in [0.1, 0.15) is 11.5 Å². The Balaban J connectivity index is 2.07. The topological polar surface area (TPSA) is 55.7 Å². The van der Waals surface area contributed by atoms with Crippen LogP contribution in [0.2, 0.25) is 0 Å². The van der Waals surface area contributed by atoms with Gasteiger partial charge < -0.3 is 4.74 Å². The summed E-state index contributed by atoms with van der Waals surface area (Å²) in [5, 5.41) is 0. The third-order valence-corrected chi connectivity index (χ3v) is 2.94. The lowest BCUT2D eigenvalue weighted by Crippen LogP contribution is -2.19. The van der Waals surface area contributed by atoms with Crippen molar-refractivity contribution in [2.75, 3.05) is 0 Å². The highest BCUT2D eigenvalue weighted by Gasteiger charge is 2.37. The van der Waals surface area contributed by atoms with Crippen LogP contribution in [-0.4, -0.2) is 23.7 Å². The standard InChI is InChI=1S/C11H15NO3/c1-6(2)9-11(14)15-10(12-9)7-3-4-8(13)5-7/h6-7,10H,3-5H2,1-2H3. The van der Waals surface area contributed by atoms with Gasteiger partial charge in [0.15, 0.2) is 6.23 Å². The summed E-state index contributed by atoms with van der Waals surface area (Å²) in [4.78, 5) is 26.8. The number of ketones is 1. The van der Waals surface area contributed by atoms with Crippen molar-refractivity contribution in [3.63, 3.8) is 0 Å². The second kappa shape index (κ2) is 3.76. The molecule has 82 valence electrons. The number of nitrogens with zero attached hydrogens (tertiary/aromatic N) is 1. The van der Waals surface area contributed by atoms with Gasteiger partial charge in [-0.25, -0.2) is 9.79 Å². The van der Waals surface area contributed by atoms with Crippen molar-refractivity contribution in [3.05, 3.63) is 0 Å². The Morgan fingerprint density at radius 1 is 1.40 bits per heavy atom. The molecule has 1 fully saturated rings. The maximum absolute atomic E-state index is 11.4. The molecule has 4 heteroatoms. The van der Waals surface area contributed by atoms with Gasteiger partial charge in [0.25, 0.3) is 0 Å². The maximum atomic E-state index is 11.4. The molecule has 2 aliphatic rings. The lowest BCUT2D eigenvalue weighted by atomic mass is 10.1. The monoisotopic (exact) mass is 209 g/mol. The van der Waals surface area contributed by atoms with Crippen LogP contribution in [0, 0.1) is 11.8 Å². The van der Waals surface area contributed by atoms with Crippen molar-refractivity contribution in [1.29, 1.82) is 0 Å². The molecule has 0 bridgehead atoms. The molecule has 1 aliphatic heterocycles. The van der Waals surface area contributed by atoms with Gasteiger partial charge in [-0.2, -0.15) is 0 Å². The Bertz CT molecular complexity index is 333. The minimum atomic E-state index is -0.402. The highest BCUT2D eigenvalue weighted by molar-refractivity contribution is 6.38. The quantitative estimate of drug-likeness (QED) is 0.645. The van der Waals surface area contributed by atoms with Gasteiger partial charge in [-0.15, -0.1) is 0 Å². The summed E-state index contributed by atoms with van der Waals surface area (Å²) >= 11 is 0. The molecule has 1 aliphatic carbocycles. The van der Waals surface area contributed by atoms with Crippen LogP contribution in [0.25, 0.3) is 0 Å². The summed E-state index contributed by atoms with van der Waals surface area (Å²) in [5.41, 5.74) is 0.513. The van der Waals surface area contributed by atoms with Gasteiger partial charge in [-0.05, 0) is 6.42 Å². The number of aliphatic imine (C=N–C) groups is 1. The van der Waals surface area contributed by atoms with E-state index < -0.39 is 6.23 Å². The molecule has 0 radical (unpaired) electrons. The summed E-state index contributed by atoms with van der Waals surface area (Å²) in [6.07, 6.45) is 1.50. The van der Waals surface area contributed by atoms with Crippen molar-refractivity contribution < 1.29 is 14.3 Å². The van der Waals surface area contributed by atoms with Gasteiger partial charge in [0.05, 0.1) is 0 Å². The number of ether oxygens (including phenoxy) is 1. The molecule has 0 amide bonds. The molecule has 1 saturated carbocycles. The lowest BCUT2D eigenvalue weighted by molar-refractivity contribution is -0.140. The van der Waals surface area contributed by atoms with E-state index in [1.165, 1.54) is 0 Å². The molecule has 2 rings (SSSR count). The van der Waals surface area contributed by atoms with Gasteiger partial charge >= 0.3 is 5.97 Å². The predicted molar refractivity (Wildman–Crippen MR) is 54.5 cm³/mol. The van der Waals surface area contributed by atoms with Crippen molar-refractivity contribution in [2.24, 2.45) is 16.8 Å². The molecule has 0 N–H and O–H groups in total. The maximum Gasteiger partial charge on any atom is 0.354 e. The predicted octanol–water partition coefficient (Wildman–Crippen LogP) is 1.34. The Hall–Kier alpha value is -1.19. The Morgan fingerprint density at radius 3 is 2.60 bits per heavy atom. The highest BCUT2D eigenvalue weighted by atomic mass is 16.6. The van der Waals surface area contributed by atoms with E-state index in [1.54, 1.807) is 0 Å². The molecule has 2 unspecified atom stereocenters. The fourth-order valence-corrected chi connectivity index (χ4v) is 2.06. The molecule has 0 aromatic heterocycles. The first-order chi connectivity index (χ1) is 7.08. The molecule has 15 heavy (non-hydrogen) atoms. The highest BCUT2D eigenvalue weighted by Crippen LogP contribution is 2.30. The van der Waals surface area contributed by atoms with E-state index in [-0.39, 0.29) is 23.6 Å². The SMILES string of the molecule is CC(C)C1=NC(C2CCC(=O)C2)OC1=O. The number of carbonyl (C=O) groups is 2. The van der Waals surface area contributed by atoms with Crippen LogP contribution >= 0.6 is 0 Å². The van der Waals surface area contributed by atoms with Crippen LogP contribution in [0.4, 0.5) is 0 Å². The van der Waals surface area contributed by atoms with Crippen molar-refractivity contribution in [2.45, 2.75) is 39.3 Å². The zero-order valence-corrected chi connectivity index (χ0v) is 9.03. The molecule has 0 saturated heterocycles. The number of carbonyl (C=O) groups excluding carboxylic acids is 2. The zero-order chi connectivity index (χ0) is 11.0. The lowest BCUT2D eigenvalue weighted by Gasteiger charge is -2.12. The average Bonchev–Trinajstić information content (AvgIpc) is 2.71. The Labute approximate surface area is 88.7 Å². The summed E-state index contributed by atoms with van der Waals surface area (Å²) in [7, 11) is 0. The van der Waals surface area contributed by atoms with E-state index in [0.717, 1.165) is 6.42 Å². The largest absolute Gasteiger partial charge is 0.435 e. The number of esters is 1. The van der Waals surface area contributed by atoms with E-state index in [9.17, 15) is 9.59 Å². The number of cyclic esters (lactones) is 1. The molecule has 0 aromatic rings. The molecule has 0 spiro atoms. The first-order valence-corrected chi connectivity index (χ1v) is 5.38. The minimum Gasteiger partial charge on any atom is -0.435 e. The minimum absolute atomic E-state index is 0.0969. The summed E-state index contributed by atoms with van der Waals surface area (Å²) in [6.45, 7) is 3.84.